The number of aryl methyl sites for hydroxylation is 1. The van der Waals surface area contributed by atoms with Crippen LogP contribution in [0.3, 0.4) is 0 Å². The topological polar surface area (TPSA) is 56.1 Å². The summed E-state index contributed by atoms with van der Waals surface area (Å²) in [6.07, 6.45) is 0. The second-order valence-electron chi connectivity index (χ2n) is 5.49. The third kappa shape index (κ3) is 5.20. The van der Waals surface area contributed by atoms with Gasteiger partial charge in [0.25, 0.3) is 0 Å². The molecule has 2 aromatic rings. The van der Waals surface area contributed by atoms with Crippen molar-refractivity contribution in [3.05, 3.63) is 63.6 Å². The van der Waals surface area contributed by atoms with Crippen molar-refractivity contribution in [2.24, 2.45) is 0 Å². The molecule has 0 spiro atoms. The molecule has 0 saturated carbocycles. The van der Waals surface area contributed by atoms with Crippen molar-refractivity contribution >= 4 is 27.5 Å². The number of carbonyl (C=O) groups excluding carboxylic acids is 1. The second kappa shape index (κ2) is 7.91. The molecule has 0 aliphatic heterocycles. The molecule has 0 heterocycles. The van der Waals surface area contributed by atoms with Crippen molar-refractivity contribution < 1.29 is 4.79 Å². The van der Waals surface area contributed by atoms with Gasteiger partial charge in [0.2, 0.25) is 5.91 Å². The molecule has 2 aromatic carbocycles. The Morgan fingerprint density at radius 1 is 1.30 bits per heavy atom. The van der Waals surface area contributed by atoms with E-state index >= 15 is 0 Å². The maximum atomic E-state index is 12.2. The maximum absolute atomic E-state index is 12.2. The lowest BCUT2D eigenvalue weighted by Crippen LogP contribution is -2.30. The Morgan fingerprint density at radius 3 is 2.78 bits per heavy atom. The average Bonchev–Trinajstić information content (AvgIpc) is 2.50. The second-order valence-corrected chi connectivity index (χ2v) is 6.41. The number of halogens is 1. The number of carbonyl (C=O) groups is 1. The van der Waals surface area contributed by atoms with Crippen LogP contribution in [0, 0.1) is 18.3 Å². The number of nitriles is 1. The van der Waals surface area contributed by atoms with Crippen LogP contribution in [0.15, 0.2) is 46.9 Å². The molecule has 5 heteroatoms. The van der Waals surface area contributed by atoms with Gasteiger partial charge in [0.15, 0.2) is 0 Å². The Morgan fingerprint density at radius 2 is 2.09 bits per heavy atom. The molecular weight excluding hydrogens is 354 g/mol. The lowest BCUT2D eigenvalue weighted by molar-refractivity contribution is -0.117. The number of amides is 1. The first-order valence-electron chi connectivity index (χ1n) is 7.21. The number of hydrogen-bond donors (Lipinski definition) is 1. The van der Waals surface area contributed by atoms with Gasteiger partial charge in [0.1, 0.15) is 0 Å². The highest BCUT2D eigenvalue weighted by molar-refractivity contribution is 9.10. The minimum atomic E-state index is -0.0608. The number of likely N-dealkylation sites (N-methyl/N-ethyl adjacent to an activating group) is 1. The van der Waals surface area contributed by atoms with E-state index in [-0.39, 0.29) is 12.5 Å². The number of rotatable bonds is 5. The molecule has 1 N–H and O–H groups in total. The van der Waals surface area contributed by atoms with Crippen LogP contribution in [-0.4, -0.2) is 24.4 Å². The fourth-order valence-electron chi connectivity index (χ4n) is 2.31. The van der Waals surface area contributed by atoms with E-state index in [2.05, 4.69) is 27.3 Å². The lowest BCUT2D eigenvalue weighted by Gasteiger charge is -2.17. The minimum Gasteiger partial charge on any atom is -0.325 e. The highest BCUT2D eigenvalue weighted by Gasteiger charge is 2.09. The quantitative estimate of drug-likeness (QED) is 0.871. The number of anilines is 1. The first-order valence-corrected chi connectivity index (χ1v) is 8.01. The zero-order chi connectivity index (χ0) is 16.8. The van der Waals surface area contributed by atoms with Gasteiger partial charge in [-0.2, -0.15) is 5.26 Å². The van der Waals surface area contributed by atoms with Gasteiger partial charge in [0, 0.05) is 16.7 Å². The Labute approximate surface area is 144 Å². The molecule has 4 nitrogen and oxygen atoms in total. The van der Waals surface area contributed by atoms with E-state index in [1.165, 1.54) is 0 Å². The molecule has 118 valence electrons. The Balaban J connectivity index is 1.93. The summed E-state index contributed by atoms with van der Waals surface area (Å²) in [5, 5.41) is 11.8. The Hall–Kier alpha value is -2.16. The molecule has 23 heavy (non-hydrogen) atoms. The van der Waals surface area contributed by atoms with E-state index in [1.807, 2.05) is 55.3 Å². The first kappa shape index (κ1) is 17.2. The van der Waals surface area contributed by atoms with Crippen LogP contribution in [0.5, 0.6) is 0 Å². The molecule has 0 fully saturated rings. The summed E-state index contributed by atoms with van der Waals surface area (Å²) in [5.41, 5.74) is 3.47. The van der Waals surface area contributed by atoms with E-state index in [0.29, 0.717) is 12.1 Å². The average molecular weight is 372 g/mol. The van der Waals surface area contributed by atoms with Crippen molar-refractivity contribution in [2.75, 3.05) is 18.9 Å². The van der Waals surface area contributed by atoms with Gasteiger partial charge in [0.05, 0.1) is 18.2 Å². The molecule has 0 radical (unpaired) electrons. The third-order valence-electron chi connectivity index (χ3n) is 3.38. The van der Waals surface area contributed by atoms with Gasteiger partial charge >= 0.3 is 0 Å². The summed E-state index contributed by atoms with van der Waals surface area (Å²) in [4.78, 5) is 14.1. The fourth-order valence-corrected chi connectivity index (χ4v) is 2.78. The predicted octanol–water partition coefficient (Wildman–Crippen LogP) is 3.70. The van der Waals surface area contributed by atoms with Crippen LogP contribution >= 0.6 is 15.9 Å². The molecule has 0 aliphatic rings. The van der Waals surface area contributed by atoms with Crippen LogP contribution in [0.2, 0.25) is 0 Å². The van der Waals surface area contributed by atoms with Crippen LogP contribution in [0.4, 0.5) is 5.69 Å². The van der Waals surface area contributed by atoms with E-state index in [0.717, 1.165) is 21.3 Å². The Kier molecular flexibility index (Phi) is 5.91. The van der Waals surface area contributed by atoms with E-state index in [4.69, 9.17) is 5.26 Å². The molecule has 0 bridgehead atoms. The van der Waals surface area contributed by atoms with Crippen molar-refractivity contribution in [3.63, 3.8) is 0 Å². The molecule has 0 atom stereocenters. The molecular formula is C18H18BrN3O. The zero-order valence-corrected chi connectivity index (χ0v) is 14.7. The van der Waals surface area contributed by atoms with E-state index < -0.39 is 0 Å². The number of nitrogens with one attached hydrogen (secondary N) is 1. The van der Waals surface area contributed by atoms with Gasteiger partial charge in [-0.15, -0.1) is 0 Å². The summed E-state index contributed by atoms with van der Waals surface area (Å²) >= 11 is 3.41. The predicted molar refractivity (Wildman–Crippen MR) is 95.0 cm³/mol. The minimum absolute atomic E-state index is 0.0608. The largest absolute Gasteiger partial charge is 0.325 e. The van der Waals surface area contributed by atoms with Gasteiger partial charge in [-0.3, -0.25) is 9.69 Å². The molecule has 2 rings (SSSR count). The van der Waals surface area contributed by atoms with Crippen LogP contribution in [0.25, 0.3) is 0 Å². The smallest absolute Gasteiger partial charge is 0.238 e. The highest BCUT2D eigenvalue weighted by atomic mass is 79.9. The summed E-state index contributed by atoms with van der Waals surface area (Å²) in [6.45, 7) is 2.85. The highest BCUT2D eigenvalue weighted by Crippen LogP contribution is 2.20. The van der Waals surface area contributed by atoms with Crippen LogP contribution in [-0.2, 0) is 11.3 Å². The van der Waals surface area contributed by atoms with Crippen LogP contribution < -0.4 is 5.32 Å². The third-order valence-corrected chi connectivity index (χ3v) is 3.88. The summed E-state index contributed by atoms with van der Waals surface area (Å²) < 4.78 is 0.988. The fraction of sp³-hybridized carbons (Fsp3) is 0.222. The summed E-state index contributed by atoms with van der Waals surface area (Å²) in [7, 11) is 1.88. The van der Waals surface area contributed by atoms with Gasteiger partial charge in [-0.05, 0) is 55.4 Å². The van der Waals surface area contributed by atoms with E-state index in [9.17, 15) is 4.79 Å². The molecule has 0 unspecified atom stereocenters. The summed E-state index contributed by atoms with van der Waals surface area (Å²) in [6, 6.07) is 15.3. The number of nitrogens with zero attached hydrogens (tertiary/aromatic N) is 2. The van der Waals surface area contributed by atoms with Gasteiger partial charge < -0.3 is 5.32 Å². The molecule has 0 aromatic heterocycles. The zero-order valence-electron chi connectivity index (χ0n) is 13.1. The van der Waals surface area contributed by atoms with Crippen molar-refractivity contribution in [2.45, 2.75) is 13.5 Å². The number of benzene rings is 2. The normalized spacial score (nSPS) is 10.4. The standard InChI is InChI=1S/C18H18BrN3O/c1-13-8-16(19)6-7-17(13)21-18(23)12-22(2)11-15-5-3-4-14(9-15)10-20/h3-9H,11-12H2,1-2H3,(H,21,23). The van der Waals surface area contributed by atoms with Crippen molar-refractivity contribution in [1.29, 1.82) is 5.26 Å². The van der Waals surface area contributed by atoms with Gasteiger partial charge in [-0.1, -0.05) is 28.1 Å². The molecule has 0 aliphatic carbocycles. The number of hydrogen-bond acceptors (Lipinski definition) is 3. The summed E-state index contributed by atoms with van der Waals surface area (Å²) in [5.74, 6) is -0.0608. The van der Waals surface area contributed by atoms with Crippen molar-refractivity contribution in [3.8, 4) is 6.07 Å². The van der Waals surface area contributed by atoms with Crippen molar-refractivity contribution in [1.82, 2.24) is 4.90 Å². The Bertz CT molecular complexity index is 752. The van der Waals surface area contributed by atoms with Gasteiger partial charge in [-0.25, -0.2) is 0 Å². The lowest BCUT2D eigenvalue weighted by atomic mass is 10.1. The maximum Gasteiger partial charge on any atom is 0.238 e. The van der Waals surface area contributed by atoms with Crippen LogP contribution in [0.1, 0.15) is 16.7 Å². The van der Waals surface area contributed by atoms with E-state index in [1.54, 1.807) is 6.07 Å². The molecule has 0 saturated heterocycles. The SMILES string of the molecule is Cc1cc(Br)ccc1NC(=O)CN(C)Cc1cccc(C#N)c1. The first-order chi connectivity index (χ1) is 11.0. The molecule has 1 amide bonds. The monoisotopic (exact) mass is 371 g/mol.